The molecule has 0 unspecified atom stereocenters. The first kappa shape index (κ1) is 25.5. The number of Topliss-reactive ketones (excluding diaryl/α,β-unsaturated/α-hetero) is 1. The molecule has 7 N–H and O–H groups in total. The number of fused-ring (bicyclic) bond motifs is 1. The van der Waals surface area contributed by atoms with Crippen LogP contribution in [0, 0.1) is 0 Å². The van der Waals surface area contributed by atoms with Gasteiger partial charge in [0.25, 0.3) is 0 Å². The maximum absolute atomic E-state index is 13.4. The van der Waals surface area contributed by atoms with Gasteiger partial charge < -0.3 is 54.7 Å². The minimum absolute atomic E-state index is 0.125. The van der Waals surface area contributed by atoms with Gasteiger partial charge >= 0.3 is 5.97 Å². The van der Waals surface area contributed by atoms with Crippen LogP contribution in [0.4, 0.5) is 0 Å². The van der Waals surface area contributed by atoms with Gasteiger partial charge in [-0.1, -0.05) is 6.07 Å². The summed E-state index contributed by atoms with van der Waals surface area (Å²) in [4.78, 5) is 24.6. The number of ketones is 1. The second-order valence-corrected chi connectivity index (χ2v) is 8.36. The molecule has 0 aromatic heterocycles. The lowest BCUT2D eigenvalue weighted by Crippen LogP contribution is -2.60. The first-order chi connectivity index (χ1) is 17.0. The number of hydrogen-bond donors (Lipinski definition) is 7. The maximum atomic E-state index is 13.4. The number of aliphatic hydroxyl groups excluding tert-OH is 3. The molecule has 0 spiro atoms. The van der Waals surface area contributed by atoms with Crippen LogP contribution in [-0.2, 0) is 19.0 Å². The molecule has 2 aromatic carbocycles. The van der Waals surface area contributed by atoms with E-state index in [2.05, 4.69) is 0 Å². The van der Waals surface area contributed by atoms with Gasteiger partial charge in [0.2, 0.25) is 5.78 Å². The molecule has 0 amide bonds. The Morgan fingerprint density at radius 2 is 1.67 bits per heavy atom. The lowest BCUT2D eigenvalue weighted by Gasteiger charge is -2.42. The molecular weight excluding hydrogens is 484 g/mol. The molecule has 36 heavy (non-hydrogen) atoms. The van der Waals surface area contributed by atoms with Crippen molar-refractivity contribution >= 4 is 11.8 Å². The summed E-state index contributed by atoms with van der Waals surface area (Å²) >= 11 is 0. The summed E-state index contributed by atoms with van der Waals surface area (Å²) in [6, 6.07) is 5.53. The molecule has 13 heteroatoms. The highest BCUT2D eigenvalue weighted by atomic mass is 16.7. The van der Waals surface area contributed by atoms with Crippen molar-refractivity contribution in [2.24, 2.45) is 0 Å². The van der Waals surface area contributed by atoms with E-state index in [1.165, 1.54) is 6.07 Å². The molecule has 194 valence electrons. The number of phenols is 4. The number of hydrogen-bond acceptors (Lipinski definition) is 13. The Morgan fingerprint density at radius 1 is 0.944 bits per heavy atom. The number of rotatable bonds is 5. The van der Waals surface area contributed by atoms with Gasteiger partial charge in [0.05, 0.1) is 0 Å². The summed E-state index contributed by atoms with van der Waals surface area (Å²) in [5.41, 5.74) is -0.223. The largest absolute Gasteiger partial charge is 0.508 e. The van der Waals surface area contributed by atoms with E-state index in [1.54, 1.807) is 0 Å². The van der Waals surface area contributed by atoms with Gasteiger partial charge in [-0.05, 0) is 17.7 Å². The zero-order valence-electron chi connectivity index (χ0n) is 18.7. The zero-order chi connectivity index (χ0) is 26.3. The van der Waals surface area contributed by atoms with Gasteiger partial charge in [-0.25, -0.2) is 0 Å². The fourth-order valence-corrected chi connectivity index (χ4v) is 4.01. The summed E-state index contributed by atoms with van der Waals surface area (Å²) in [6.07, 6.45) is -11.4. The molecule has 2 aliphatic rings. The fraction of sp³-hybridized carbons (Fsp3) is 0.391. The van der Waals surface area contributed by atoms with Crippen LogP contribution in [0.25, 0.3) is 0 Å². The molecular formula is C23H24O13. The minimum atomic E-state index is -1.86. The molecule has 7 atom stereocenters. The molecule has 13 nitrogen and oxygen atoms in total. The molecule has 0 radical (unpaired) electrons. The molecule has 1 fully saturated rings. The zero-order valence-corrected chi connectivity index (χ0v) is 18.7. The Hall–Kier alpha value is -3.62. The van der Waals surface area contributed by atoms with Gasteiger partial charge in [0.1, 0.15) is 53.8 Å². The van der Waals surface area contributed by atoms with Crippen molar-refractivity contribution in [3.63, 3.8) is 0 Å². The normalized spacial score (nSPS) is 29.8. The Balaban J connectivity index is 1.70. The van der Waals surface area contributed by atoms with E-state index >= 15 is 0 Å². The van der Waals surface area contributed by atoms with Gasteiger partial charge in [0.15, 0.2) is 30.0 Å². The Morgan fingerprint density at radius 3 is 2.33 bits per heavy atom. The Labute approximate surface area is 203 Å². The Kier molecular flexibility index (Phi) is 6.93. The third-order valence-electron chi connectivity index (χ3n) is 5.83. The van der Waals surface area contributed by atoms with Crippen molar-refractivity contribution < 1.29 is 64.3 Å². The van der Waals surface area contributed by atoms with Crippen molar-refractivity contribution in [2.45, 2.75) is 49.8 Å². The van der Waals surface area contributed by atoms with E-state index < -0.39 is 84.3 Å². The SMILES string of the molecule is CC(=O)OC[C@H]1O[C@H](O[C@H]2C(=O)c3c(O)cc(O)cc3O[C@H]2c2ccc(O)c(O)c2)[C@H](O)[C@@H](O)[C@H]1O. The standard InChI is InChI=1S/C23H24O13/c1-8(24)33-7-15-17(29)19(31)20(32)23(35-15)36-22-18(30)16-13(28)5-10(25)6-14(16)34-21(22)9-2-3-11(26)12(27)4-9/h2-6,15,17,19-23,25-29,31-32H,7H2,1H3/t15-,17+,19+,20-,21+,22+,23-/m1/s1. The Bertz CT molecular complexity index is 1160. The van der Waals surface area contributed by atoms with Crippen molar-refractivity contribution in [3.05, 3.63) is 41.5 Å². The van der Waals surface area contributed by atoms with Crippen LogP contribution in [0.5, 0.6) is 28.7 Å². The number of phenolic OH excluding ortho intramolecular Hbond substituents is 4. The van der Waals surface area contributed by atoms with E-state index in [-0.39, 0.29) is 16.9 Å². The molecule has 0 aliphatic carbocycles. The molecule has 2 aromatic rings. The van der Waals surface area contributed by atoms with E-state index in [9.17, 15) is 45.3 Å². The molecule has 0 saturated carbocycles. The summed E-state index contributed by atoms with van der Waals surface area (Å²) in [5, 5.41) is 70.7. The van der Waals surface area contributed by atoms with Gasteiger partial charge in [0, 0.05) is 19.1 Å². The number of carbonyl (C=O) groups excluding carboxylic acids is 2. The molecule has 1 saturated heterocycles. The van der Waals surface area contributed by atoms with Crippen molar-refractivity contribution in [3.8, 4) is 28.7 Å². The second kappa shape index (κ2) is 9.79. The van der Waals surface area contributed by atoms with Gasteiger partial charge in [-0.3, -0.25) is 9.59 Å². The highest BCUT2D eigenvalue weighted by Gasteiger charge is 2.49. The topological polar surface area (TPSA) is 213 Å². The van der Waals surface area contributed by atoms with Crippen LogP contribution in [0.3, 0.4) is 0 Å². The van der Waals surface area contributed by atoms with Crippen LogP contribution in [0.15, 0.2) is 30.3 Å². The van der Waals surface area contributed by atoms with Gasteiger partial charge in [-0.2, -0.15) is 0 Å². The minimum Gasteiger partial charge on any atom is -0.508 e. The highest BCUT2D eigenvalue weighted by Crippen LogP contribution is 2.44. The molecule has 0 bridgehead atoms. The quantitative estimate of drug-likeness (QED) is 0.202. The van der Waals surface area contributed by atoms with Crippen LogP contribution < -0.4 is 4.74 Å². The third kappa shape index (κ3) is 4.74. The first-order valence-corrected chi connectivity index (χ1v) is 10.7. The monoisotopic (exact) mass is 508 g/mol. The van der Waals surface area contributed by atoms with Gasteiger partial charge in [-0.15, -0.1) is 0 Å². The van der Waals surface area contributed by atoms with E-state index in [0.29, 0.717) is 0 Å². The number of esters is 1. The lowest BCUT2D eigenvalue weighted by atomic mass is 9.92. The highest BCUT2D eigenvalue weighted by molar-refractivity contribution is 6.05. The number of ether oxygens (including phenoxy) is 4. The number of benzene rings is 2. The van der Waals surface area contributed by atoms with E-state index in [1.807, 2.05) is 0 Å². The van der Waals surface area contributed by atoms with Crippen LogP contribution >= 0.6 is 0 Å². The second-order valence-electron chi connectivity index (χ2n) is 8.36. The van der Waals surface area contributed by atoms with Crippen LogP contribution in [0.2, 0.25) is 0 Å². The summed E-state index contributed by atoms with van der Waals surface area (Å²) < 4.78 is 21.8. The first-order valence-electron chi connectivity index (χ1n) is 10.7. The smallest absolute Gasteiger partial charge is 0.302 e. The van der Waals surface area contributed by atoms with Crippen molar-refractivity contribution in [2.75, 3.05) is 6.61 Å². The predicted molar refractivity (Wildman–Crippen MR) is 115 cm³/mol. The summed E-state index contributed by atoms with van der Waals surface area (Å²) in [7, 11) is 0. The predicted octanol–water partition coefficient (Wildman–Crippen LogP) is -0.419. The van der Waals surface area contributed by atoms with Crippen LogP contribution in [0.1, 0.15) is 28.9 Å². The summed E-state index contributed by atoms with van der Waals surface area (Å²) in [5.74, 6) is -3.78. The fourth-order valence-electron chi connectivity index (χ4n) is 4.01. The number of aliphatic hydroxyl groups is 3. The average molecular weight is 508 g/mol. The average Bonchev–Trinajstić information content (AvgIpc) is 2.81. The molecule has 4 rings (SSSR count). The van der Waals surface area contributed by atoms with Crippen molar-refractivity contribution in [1.82, 2.24) is 0 Å². The molecule has 2 heterocycles. The number of aromatic hydroxyl groups is 4. The van der Waals surface area contributed by atoms with E-state index in [0.717, 1.165) is 31.2 Å². The maximum Gasteiger partial charge on any atom is 0.302 e. The molecule has 2 aliphatic heterocycles. The van der Waals surface area contributed by atoms with Crippen molar-refractivity contribution in [1.29, 1.82) is 0 Å². The lowest BCUT2D eigenvalue weighted by molar-refractivity contribution is -0.312. The third-order valence-corrected chi connectivity index (χ3v) is 5.83. The van der Waals surface area contributed by atoms with E-state index in [4.69, 9.17) is 18.9 Å². The number of carbonyl (C=O) groups is 2. The summed E-state index contributed by atoms with van der Waals surface area (Å²) in [6.45, 7) is 0.624. The van der Waals surface area contributed by atoms with Crippen LogP contribution in [-0.4, -0.2) is 90.9 Å².